The number of hydrogen-bond acceptors (Lipinski definition) is 3. The number of hydrazine groups is 1. The second-order valence-electron chi connectivity index (χ2n) is 5.14. The average molecular weight is 250 g/mol. The lowest BCUT2D eigenvalue weighted by atomic mass is 10.0. The summed E-state index contributed by atoms with van der Waals surface area (Å²) in [5, 5.41) is 0. The van der Waals surface area contributed by atoms with Crippen LogP contribution in [0.3, 0.4) is 0 Å². The van der Waals surface area contributed by atoms with Crippen molar-refractivity contribution < 1.29 is 4.74 Å². The minimum Gasteiger partial charge on any atom is -0.494 e. The van der Waals surface area contributed by atoms with E-state index >= 15 is 0 Å². The molecule has 1 rings (SSSR count). The normalized spacial score (nSPS) is 12.7. The Morgan fingerprint density at radius 1 is 1.11 bits per heavy atom. The van der Waals surface area contributed by atoms with Crippen molar-refractivity contribution in [3.8, 4) is 5.75 Å². The van der Waals surface area contributed by atoms with Gasteiger partial charge in [-0.1, -0.05) is 44.9 Å². The fraction of sp³-hybridized carbons (Fsp3) is 0.600. The molecule has 3 nitrogen and oxygen atoms in total. The standard InChI is InChI=1S/C15H26N2O/c1-13(2)7-6-8-14(17-16)11-12-18-15-9-4-3-5-10-15/h3-5,9-10,13-14,17H,6-8,11-12,16H2,1-2H3. The third-order valence-corrected chi connectivity index (χ3v) is 3.05. The number of benzene rings is 1. The summed E-state index contributed by atoms with van der Waals surface area (Å²) >= 11 is 0. The summed E-state index contributed by atoms with van der Waals surface area (Å²) in [5.41, 5.74) is 2.88. The van der Waals surface area contributed by atoms with Gasteiger partial charge >= 0.3 is 0 Å². The van der Waals surface area contributed by atoms with E-state index in [9.17, 15) is 0 Å². The summed E-state index contributed by atoms with van der Waals surface area (Å²) in [6.45, 7) is 5.22. The summed E-state index contributed by atoms with van der Waals surface area (Å²) in [7, 11) is 0. The summed E-state index contributed by atoms with van der Waals surface area (Å²) in [5.74, 6) is 7.26. The smallest absolute Gasteiger partial charge is 0.119 e. The van der Waals surface area contributed by atoms with Crippen LogP contribution in [-0.4, -0.2) is 12.6 Å². The molecule has 0 amide bonds. The van der Waals surface area contributed by atoms with Crippen LogP contribution in [0.2, 0.25) is 0 Å². The lowest BCUT2D eigenvalue weighted by Gasteiger charge is -2.16. The van der Waals surface area contributed by atoms with Crippen molar-refractivity contribution in [3.63, 3.8) is 0 Å². The predicted octanol–water partition coefficient (Wildman–Crippen LogP) is 3.11. The molecule has 0 bridgehead atoms. The number of nitrogens with one attached hydrogen (secondary N) is 1. The van der Waals surface area contributed by atoms with E-state index in [0.717, 1.165) is 24.5 Å². The second kappa shape index (κ2) is 8.95. The van der Waals surface area contributed by atoms with Crippen LogP contribution in [0, 0.1) is 5.92 Å². The molecular weight excluding hydrogens is 224 g/mol. The zero-order chi connectivity index (χ0) is 13.2. The van der Waals surface area contributed by atoms with Gasteiger partial charge in [0.05, 0.1) is 6.61 Å². The van der Waals surface area contributed by atoms with Gasteiger partial charge in [0, 0.05) is 6.04 Å². The van der Waals surface area contributed by atoms with Crippen LogP contribution in [0.25, 0.3) is 0 Å². The molecule has 0 saturated carbocycles. The molecule has 18 heavy (non-hydrogen) atoms. The number of nitrogens with two attached hydrogens (primary N) is 1. The molecule has 0 aliphatic heterocycles. The fourth-order valence-corrected chi connectivity index (χ4v) is 1.92. The number of para-hydroxylation sites is 1. The maximum Gasteiger partial charge on any atom is 0.119 e. The Hall–Kier alpha value is -1.06. The molecule has 1 atom stereocenters. The van der Waals surface area contributed by atoms with E-state index in [1.54, 1.807) is 0 Å². The molecule has 3 N–H and O–H groups in total. The molecule has 1 aromatic rings. The summed E-state index contributed by atoms with van der Waals surface area (Å²) in [4.78, 5) is 0. The maximum atomic E-state index is 5.67. The Balaban J connectivity index is 2.15. The fourth-order valence-electron chi connectivity index (χ4n) is 1.92. The van der Waals surface area contributed by atoms with Crippen molar-refractivity contribution in [2.75, 3.05) is 6.61 Å². The van der Waals surface area contributed by atoms with Crippen LogP contribution < -0.4 is 16.0 Å². The van der Waals surface area contributed by atoms with Gasteiger partial charge in [0.1, 0.15) is 5.75 Å². The van der Waals surface area contributed by atoms with E-state index in [0.29, 0.717) is 12.6 Å². The Morgan fingerprint density at radius 2 is 1.83 bits per heavy atom. The van der Waals surface area contributed by atoms with Crippen LogP contribution in [-0.2, 0) is 0 Å². The summed E-state index contributed by atoms with van der Waals surface area (Å²) in [6, 6.07) is 10.3. The highest BCUT2D eigenvalue weighted by molar-refractivity contribution is 5.20. The highest BCUT2D eigenvalue weighted by Crippen LogP contribution is 2.12. The molecule has 0 spiro atoms. The van der Waals surface area contributed by atoms with Gasteiger partial charge in [0.15, 0.2) is 0 Å². The van der Waals surface area contributed by atoms with Crippen LogP contribution in [0.1, 0.15) is 39.5 Å². The van der Waals surface area contributed by atoms with Gasteiger partial charge < -0.3 is 4.74 Å². The number of ether oxygens (including phenoxy) is 1. The zero-order valence-corrected chi connectivity index (χ0v) is 11.6. The third kappa shape index (κ3) is 6.62. The van der Waals surface area contributed by atoms with Gasteiger partial charge in [-0.05, 0) is 30.9 Å². The molecule has 0 aromatic heterocycles. The van der Waals surface area contributed by atoms with Crippen molar-refractivity contribution in [1.29, 1.82) is 0 Å². The topological polar surface area (TPSA) is 47.3 Å². The third-order valence-electron chi connectivity index (χ3n) is 3.05. The minimum absolute atomic E-state index is 0.354. The lowest BCUT2D eigenvalue weighted by molar-refractivity contribution is 0.278. The van der Waals surface area contributed by atoms with E-state index in [4.69, 9.17) is 10.6 Å². The lowest BCUT2D eigenvalue weighted by Crippen LogP contribution is -2.36. The molecule has 0 radical (unpaired) electrons. The van der Waals surface area contributed by atoms with Crippen molar-refractivity contribution in [3.05, 3.63) is 30.3 Å². The molecule has 0 heterocycles. The summed E-state index contributed by atoms with van der Waals surface area (Å²) in [6.07, 6.45) is 4.55. The highest BCUT2D eigenvalue weighted by atomic mass is 16.5. The first-order valence-electron chi connectivity index (χ1n) is 6.86. The molecule has 1 aromatic carbocycles. The van der Waals surface area contributed by atoms with Crippen molar-refractivity contribution in [1.82, 2.24) is 5.43 Å². The molecule has 3 heteroatoms. The van der Waals surface area contributed by atoms with Gasteiger partial charge in [-0.15, -0.1) is 0 Å². The quantitative estimate of drug-likeness (QED) is 0.523. The Morgan fingerprint density at radius 3 is 2.44 bits per heavy atom. The first-order valence-corrected chi connectivity index (χ1v) is 6.86. The van der Waals surface area contributed by atoms with Gasteiger partial charge in [0.2, 0.25) is 0 Å². The number of rotatable bonds is 9. The first kappa shape index (κ1) is 15.0. The maximum absolute atomic E-state index is 5.67. The van der Waals surface area contributed by atoms with Gasteiger partial charge in [-0.2, -0.15) is 0 Å². The van der Waals surface area contributed by atoms with Crippen LogP contribution in [0.4, 0.5) is 0 Å². The van der Waals surface area contributed by atoms with Crippen molar-refractivity contribution >= 4 is 0 Å². The average Bonchev–Trinajstić information content (AvgIpc) is 2.38. The van der Waals surface area contributed by atoms with Crippen LogP contribution >= 0.6 is 0 Å². The van der Waals surface area contributed by atoms with Gasteiger partial charge in [-0.25, -0.2) is 0 Å². The zero-order valence-electron chi connectivity index (χ0n) is 11.6. The molecule has 0 aliphatic carbocycles. The Bertz CT molecular complexity index is 301. The van der Waals surface area contributed by atoms with E-state index in [1.807, 2.05) is 30.3 Å². The van der Waals surface area contributed by atoms with Crippen molar-refractivity contribution in [2.24, 2.45) is 11.8 Å². The molecule has 0 aliphatic rings. The largest absolute Gasteiger partial charge is 0.494 e. The summed E-state index contributed by atoms with van der Waals surface area (Å²) < 4.78 is 5.67. The monoisotopic (exact) mass is 250 g/mol. The highest BCUT2D eigenvalue weighted by Gasteiger charge is 2.07. The predicted molar refractivity (Wildman–Crippen MR) is 76.4 cm³/mol. The second-order valence-corrected chi connectivity index (χ2v) is 5.14. The molecule has 1 unspecified atom stereocenters. The number of hydrogen-bond donors (Lipinski definition) is 2. The van der Waals surface area contributed by atoms with E-state index in [1.165, 1.54) is 12.8 Å². The Labute approximate surface area is 111 Å². The van der Waals surface area contributed by atoms with Gasteiger partial charge in [-0.3, -0.25) is 11.3 Å². The van der Waals surface area contributed by atoms with Gasteiger partial charge in [0.25, 0.3) is 0 Å². The molecule has 0 saturated heterocycles. The van der Waals surface area contributed by atoms with E-state index in [-0.39, 0.29) is 0 Å². The minimum atomic E-state index is 0.354. The Kier molecular flexibility index (Phi) is 7.46. The SMILES string of the molecule is CC(C)CCCC(CCOc1ccccc1)NN. The van der Waals surface area contributed by atoms with E-state index in [2.05, 4.69) is 19.3 Å². The van der Waals surface area contributed by atoms with Crippen LogP contribution in [0.15, 0.2) is 30.3 Å². The molecular formula is C15H26N2O. The van der Waals surface area contributed by atoms with Crippen LogP contribution in [0.5, 0.6) is 5.75 Å². The molecule has 0 fully saturated rings. The van der Waals surface area contributed by atoms with Crippen molar-refractivity contribution in [2.45, 2.75) is 45.6 Å². The molecule has 102 valence electrons. The first-order chi connectivity index (χ1) is 8.72. The van der Waals surface area contributed by atoms with E-state index < -0.39 is 0 Å².